The van der Waals surface area contributed by atoms with Crippen LogP contribution >= 0.6 is 23.1 Å². The zero-order valence-corrected chi connectivity index (χ0v) is 12.1. The van der Waals surface area contributed by atoms with Crippen LogP contribution in [-0.4, -0.2) is 17.0 Å². The van der Waals surface area contributed by atoms with Gasteiger partial charge < -0.3 is 5.32 Å². The number of thioether (sulfide) groups is 1. The summed E-state index contributed by atoms with van der Waals surface area (Å²) < 4.78 is 0.494. The van der Waals surface area contributed by atoms with Gasteiger partial charge in [0.25, 0.3) is 0 Å². The summed E-state index contributed by atoms with van der Waals surface area (Å²) >= 11 is 4.10. The van der Waals surface area contributed by atoms with E-state index in [1.807, 2.05) is 11.3 Å². The molecule has 0 spiro atoms. The molecule has 0 saturated carbocycles. The van der Waals surface area contributed by atoms with E-state index < -0.39 is 0 Å². The standard InChI is InChI=1S/C14H21NS2/c1-14(7-3-8-17-14)10-15-12-4-2-5-13-11(12)6-9-16-13/h6,9,12,15H,2-5,7-8,10H2,1H3. The SMILES string of the molecule is CC1(CNC2CCCc3sccc32)CCCS1. The highest BCUT2D eigenvalue weighted by molar-refractivity contribution is 8.00. The Bertz CT molecular complexity index is 379. The van der Waals surface area contributed by atoms with E-state index >= 15 is 0 Å². The van der Waals surface area contributed by atoms with Gasteiger partial charge in [0.1, 0.15) is 0 Å². The normalized spacial score (nSPS) is 32.6. The van der Waals surface area contributed by atoms with Gasteiger partial charge in [0.15, 0.2) is 0 Å². The van der Waals surface area contributed by atoms with Crippen LogP contribution in [0.4, 0.5) is 0 Å². The first kappa shape index (κ1) is 12.1. The summed E-state index contributed by atoms with van der Waals surface area (Å²) in [4.78, 5) is 1.62. The van der Waals surface area contributed by atoms with E-state index in [-0.39, 0.29) is 0 Å². The van der Waals surface area contributed by atoms with Crippen LogP contribution in [0.15, 0.2) is 11.4 Å². The van der Waals surface area contributed by atoms with E-state index in [0.717, 1.165) is 0 Å². The van der Waals surface area contributed by atoms with E-state index in [2.05, 4.69) is 35.4 Å². The van der Waals surface area contributed by atoms with Gasteiger partial charge in [0, 0.05) is 22.2 Å². The lowest BCUT2D eigenvalue weighted by atomic mass is 9.93. The van der Waals surface area contributed by atoms with Crippen molar-refractivity contribution in [1.29, 1.82) is 0 Å². The molecule has 0 bridgehead atoms. The molecule has 0 amide bonds. The fraction of sp³-hybridized carbons (Fsp3) is 0.714. The summed E-state index contributed by atoms with van der Waals surface area (Å²) in [5, 5.41) is 6.09. The van der Waals surface area contributed by atoms with Crippen LogP contribution in [-0.2, 0) is 6.42 Å². The molecule has 2 atom stereocenters. The third-order valence-electron chi connectivity index (χ3n) is 4.07. The van der Waals surface area contributed by atoms with Gasteiger partial charge in [-0.25, -0.2) is 0 Å². The Balaban J connectivity index is 1.63. The molecule has 1 saturated heterocycles. The second-order valence-electron chi connectivity index (χ2n) is 5.53. The third kappa shape index (κ3) is 2.56. The van der Waals surface area contributed by atoms with Crippen molar-refractivity contribution in [3.05, 3.63) is 21.9 Å². The van der Waals surface area contributed by atoms with Gasteiger partial charge in [-0.2, -0.15) is 11.8 Å². The van der Waals surface area contributed by atoms with Crippen LogP contribution in [0.3, 0.4) is 0 Å². The van der Waals surface area contributed by atoms with Gasteiger partial charge in [-0.15, -0.1) is 11.3 Å². The van der Waals surface area contributed by atoms with E-state index in [0.29, 0.717) is 10.8 Å². The summed E-state index contributed by atoms with van der Waals surface area (Å²) in [5.41, 5.74) is 1.59. The Hall–Kier alpha value is 0.01000. The zero-order valence-electron chi connectivity index (χ0n) is 10.5. The fourth-order valence-electron chi connectivity index (χ4n) is 3.01. The van der Waals surface area contributed by atoms with Gasteiger partial charge >= 0.3 is 0 Å². The Labute approximate surface area is 112 Å². The minimum atomic E-state index is 0.494. The minimum Gasteiger partial charge on any atom is -0.309 e. The Morgan fingerprint density at radius 2 is 2.41 bits per heavy atom. The largest absolute Gasteiger partial charge is 0.309 e. The zero-order chi connectivity index (χ0) is 11.7. The molecule has 1 nitrogen and oxygen atoms in total. The number of aryl methyl sites for hydroxylation is 1. The predicted octanol–water partition coefficient (Wildman–Crippen LogP) is 4.00. The van der Waals surface area contributed by atoms with Crippen molar-refractivity contribution < 1.29 is 0 Å². The molecule has 1 N–H and O–H groups in total. The van der Waals surface area contributed by atoms with Crippen LogP contribution in [0.1, 0.15) is 49.1 Å². The smallest absolute Gasteiger partial charge is 0.0331 e. The first-order valence-corrected chi connectivity index (χ1v) is 8.57. The fourth-order valence-corrected chi connectivity index (χ4v) is 5.26. The molecule has 3 heteroatoms. The Kier molecular flexibility index (Phi) is 3.51. The first-order valence-electron chi connectivity index (χ1n) is 6.70. The number of rotatable bonds is 3. The molecule has 94 valence electrons. The van der Waals surface area contributed by atoms with Gasteiger partial charge in [0.2, 0.25) is 0 Å². The van der Waals surface area contributed by atoms with Crippen molar-refractivity contribution in [3.8, 4) is 0 Å². The summed E-state index contributed by atoms with van der Waals surface area (Å²) in [5.74, 6) is 1.35. The van der Waals surface area contributed by atoms with Crippen LogP contribution < -0.4 is 5.32 Å². The average molecular weight is 267 g/mol. The summed E-state index contributed by atoms with van der Waals surface area (Å²) in [7, 11) is 0. The van der Waals surface area contributed by atoms with Gasteiger partial charge in [-0.05, 0) is 61.8 Å². The maximum Gasteiger partial charge on any atom is 0.0331 e. The minimum absolute atomic E-state index is 0.494. The third-order valence-corrected chi connectivity index (χ3v) is 6.61. The van der Waals surface area contributed by atoms with Crippen molar-refractivity contribution in [2.75, 3.05) is 12.3 Å². The van der Waals surface area contributed by atoms with Crippen molar-refractivity contribution in [3.63, 3.8) is 0 Å². The lowest BCUT2D eigenvalue weighted by Gasteiger charge is -2.29. The van der Waals surface area contributed by atoms with Gasteiger partial charge in [-0.3, -0.25) is 0 Å². The second kappa shape index (κ2) is 4.94. The van der Waals surface area contributed by atoms with Gasteiger partial charge in [0.05, 0.1) is 0 Å². The summed E-state index contributed by atoms with van der Waals surface area (Å²) in [6.45, 7) is 3.60. The molecule has 1 aliphatic heterocycles. The van der Waals surface area contributed by atoms with Gasteiger partial charge in [-0.1, -0.05) is 0 Å². The maximum absolute atomic E-state index is 3.83. The van der Waals surface area contributed by atoms with Crippen LogP contribution in [0, 0.1) is 0 Å². The predicted molar refractivity (Wildman–Crippen MR) is 78.1 cm³/mol. The first-order chi connectivity index (χ1) is 8.27. The highest BCUT2D eigenvalue weighted by atomic mass is 32.2. The van der Waals surface area contributed by atoms with E-state index in [1.165, 1.54) is 44.4 Å². The molecule has 0 aromatic carbocycles. The monoisotopic (exact) mass is 267 g/mol. The summed E-state index contributed by atoms with van der Waals surface area (Å²) in [6, 6.07) is 2.96. The van der Waals surface area contributed by atoms with E-state index in [4.69, 9.17) is 0 Å². The highest BCUT2D eigenvalue weighted by Gasteiger charge is 2.31. The molecule has 3 rings (SSSR count). The molecule has 2 aliphatic rings. The topological polar surface area (TPSA) is 12.0 Å². The molecule has 1 aromatic heterocycles. The number of thiophene rings is 1. The molecule has 1 aromatic rings. The number of nitrogens with one attached hydrogen (secondary N) is 1. The van der Waals surface area contributed by atoms with E-state index in [1.54, 1.807) is 10.4 Å². The quantitative estimate of drug-likeness (QED) is 0.888. The lowest BCUT2D eigenvalue weighted by molar-refractivity contribution is 0.429. The molecule has 2 unspecified atom stereocenters. The van der Waals surface area contributed by atoms with Crippen molar-refractivity contribution in [1.82, 2.24) is 5.32 Å². The molecule has 17 heavy (non-hydrogen) atoms. The van der Waals surface area contributed by atoms with E-state index in [9.17, 15) is 0 Å². The second-order valence-corrected chi connectivity index (χ2v) is 8.21. The lowest BCUT2D eigenvalue weighted by Crippen LogP contribution is -2.36. The van der Waals surface area contributed by atoms with Crippen molar-refractivity contribution >= 4 is 23.1 Å². The molecule has 1 aliphatic carbocycles. The summed E-state index contributed by atoms with van der Waals surface area (Å²) in [6.07, 6.45) is 6.77. The molecular weight excluding hydrogens is 246 g/mol. The number of hydrogen-bond acceptors (Lipinski definition) is 3. The Morgan fingerprint density at radius 3 is 3.24 bits per heavy atom. The number of hydrogen-bond donors (Lipinski definition) is 1. The van der Waals surface area contributed by atoms with Crippen molar-refractivity contribution in [2.24, 2.45) is 0 Å². The maximum atomic E-state index is 3.83. The van der Waals surface area contributed by atoms with Crippen molar-refractivity contribution in [2.45, 2.75) is 49.8 Å². The number of fused-ring (bicyclic) bond motifs is 1. The average Bonchev–Trinajstić information content (AvgIpc) is 2.95. The Morgan fingerprint density at radius 1 is 1.47 bits per heavy atom. The highest BCUT2D eigenvalue weighted by Crippen LogP contribution is 2.39. The molecular formula is C14H21NS2. The van der Waals surface area contributed by atoms with Crippen LogP contribution in [0.5, 0.6) is 0 Å². The molecule has 1 fully saturated rings. The molecule has 0 radical (unpaired) electrons. The molecule has 2 heterocycles. The van der Waals surface area contributed by atoms with Crippen LogP contribution in [0.2, 0.25) is 0 Å². The van der Waals surface area contributed by atoms with Crippen LogP contribution in [0.25, 0.3) is 0 Å².